The van der Waals surface area contributed by atoms with Crippen LogP contribution in [0.1, 0.15) is 30.8 Å². The first-order valence-electron chi connectivity index (χ1n) is 7.72. The molecule has 7 heteroatoms. The third-order valence-corrected chi connectivity index (χ3v) is 4.76. The summed E-state index contributed by atoms with van der Waals surface area (Å²) in [6.45, 7) is 5.50. The van der Waals surface area contributed by atoms with Crippen LogP contribution in [-0.2, 0) is 4.79 Å². The van der Waals surface area contributed by atoms with E-state index in [9.17, 15) is 9.59 Å². The van der Waals surface area contributed by atoms with E-state index < -0.39 is 0 Å². The quantitative estimate of drug-likeness (QED) is 0.871. The van der Waals surface area contributed by atoms with E-state index in [1.54, 1.807) is 13.1 Å². The number of amides is 2. The Morgan fingerprint density at radius 1 is 1.41 bits per heavy atom. The highest BCUT2D eigenvalue weighted by Crippen LogP contribution is 2.37. The predicted octanol–water partition coefficient (Wildman–Crippen LogP) is 0.344. The molecule has 2 amide bonds. The number of carbonyl (C=O) groups excluding carboxylic acids is 2. The molecule has 0 saturated carbocycles. The lowest BCUT2D eigenvalue weighted by Crippen LogP contribution is -2.50. The number of hydrogen-bond donors (Lipinski definition) is 1. The standard InChI is InChI=1S/C15H22N4O3/c1-9(2)19-11(14(20)16-3)6-10-7-18(8-12(10)19)15(21)13-4-5-17-22-13/h4-5,9-12H,6-8H2,1-3H3,(H,16,20)/t10?,11-,12?/m1/s1. The minimum Gasteiger partial charge on any atom is -0.358 e. The predicted molar refractivity (Wildman–Crippen MR) is 79.1 cm³/mol. The molecule has 3 rings (SSSR count). The van der Waals surface area contributed by atoms with Crippen molar-refractivity contribution in [2.45, 2.75) is 38.4 Å². The van der Waals surface area contributed by atoms with Gasteiger partial charge in [-0.05, 0) is 26.2 Å². The molecule has 2 aliphatic heterocycles. The van der Waals surface area contributed by atoms with Crippen molar-refractivity contribution in [2.75, 3.05) is 20.1 Å². The maximum Gasteiger partial charge on any atom is 0.292 e. The molecule has 7 nitrogen and oxygen atoms in total. The minimum atomic E-state index is -0.118. The summed E-state index contributed by atoms with van der Waals surface area (Å²) in [4.78, 5) is 28.5. The van der Waals surface area contributed by atoms with Gasteiger partial charge in [-0.25, -0.2) is 0 Å². The largest absolute Gasteiger partial charge is 0.358 e. The normalized spacial score (nSPS) is 28.2. The van der Waals surface area contributed by atoms with E-state index in [0.717, 1.165) is 6.42 Å². The van der Waals surface area contributed by atoms with E-state index in [2.05, 4.69) is 29.2 Å². The van der Waals surface area contributed by atoms with Gasteiger partial charge in [0.05, 0.1) is 12.2 Å². The van der Waals surface area contributed by atoms with E-state index in [0.29, 0.717) is 19.0 Å². The summed E-state index contributed by atoms with van der Waals surface area (Å²) in [5.41, 5.74) is 0. The van der Waals surface area contributed by atoms with Crippen molar-refractivity contribution >= 4 is 11.8 Å². The van der Waals surface area contributed by atoms with Crippen LogP contribution in [0.25, 0.3) is 0 Å². The molecule has 3 atom stereocenters. The highest BCUT2D eigenvalue weighted by molar-refractivity contribution is 5.91. The van der Waals surface area contributed by atoms with E-state index >= 15 is 0 Å². The number of fused-ring (bicyclic) bond motifs is 1. The summed E-state index contributed by atoms with van der Waals surface area (Å²) in [6.07, 6.45) is 2.27. The topological polar surface area (TPSA) is 78.7 Å². The van der Waals surface area contributed by atoms with Gasteiger partial charge in [-0.3, -0.25) is 14.5 Å². The summed E-state index contributed by atoms with van der Waals surface area (Å²) in [5.74, 6) is 0.554. The zero-order valence-corrected chi connectivity index (χ0v) is 13.2. The van der Waals surface area contributed by atoms with Crippen molar-refractivity contribution < 1.29 is 14.1 Å². The molecule has 1 aromatic heterocycles. The van der Waals surface area contributed by atoms with E-state index in [4.69, 9.17) is 4.52 Å². The van der Waals surface area contributed by atoms with Crippen LogP contribution in [-0.4, -0.2) is 65.0 Å². The zero-order valence-electron chi connectivity index (χ0n) is 13.2. The summed E-state index contributed by atoms with van der Waals surface area (Å²) < 4.78 is 4.96. The van der Waals surface area contributed by atoms with Crippen molar-refractivity contribution in [1.29, 1.82) is 0 Å². The number of rotatable bonds is 3. The average Bonchev–Trinajstić information content (AvgIpc) is 3.19. The van der Waals surface area contributed by atoms with Gasteiger partial charge in [-0.2, -0.15) is 0 Å². The Kier molecular flexibility index (Phi) is 3.90. The molecule has 0 aliphatic carbocycles. The van der Waals surface area contributed by atoms with Crippen molar-refractivity contribution in [3.63, 3.8) is 0 Å². The lowest BCUT2D eigenvalue weighted by molar-refractivity contribution is -0.126. The first kappa shape index (κ1) is 15.0. The number of nitrogens with zero attached hydrogens (tertiary/aromatic N) is 3. The fourth-order valence-corrected chi connectivity index (χ4v) is 3.86. The molecule has 0 spiro atoms. The number of nitrogens with one attached hydrogen (secondary N) is 1. The van der Waals surface area contributed by atoms with Gasteiger partial charge in [-0.1, -0.05) is 5.16 Å². The third kappa shape index (κ3) is 2.39. The van der Waals surface area contributed by atoms with Crippen molar-refractivity contribution in [3.05, 3.63) is 18.0 Å². The summed E-state index contributed by atoms with van der Waals surface area (Å²) >= 11 is 0. The minimum absolute atomic E-state index is 0.0659. The molecule has 2 aliphatic rings. The summed E-state index contributed by atoms with van der Waals surface area (Å²) in [7, 11) is 1.68. The van der Waals surface area contributed by atoms with Gasteiger partial charge in [0.25, 0.3) is 5.91 Å². The van der Waals surface area contributed by atoms with Crippen molar-refractivity contribution in [2.24, 2.45) is 5.92 Å². The summed E-state index contributed by atoms with van der Waals surface area (Å²) in [6, 6.07) is 1.98. The molecule has 3 heterocycles. The van der Waals surface area contributed by atoms with Gasteiger partial charge in [0, 0.05) is 38.3 Å². The molecule has 0 bridgehead atoms. The Labute approximate surface area is 129 Å². The summed E-state index contributed by atoms with van der Waals surface area (Å²) in [5, 5.41) is 6.34. The second kappa shape index (κ2) is 5.72. The smallest absolute Gasteiger partial charge is 0.292 e. The molecule has 0 radical (unpaired) electrons. The Hall–Kier alpha value is -1.89. The molecule has 22 heavy (non-hydrogen) atoms. The Morgan fingerprint density at radius 3 is 2.77 bits per heavy atom. The lowest BCUT2D eigenvalue weighted by Gasteiger charge is -2.32. The molecule has 1 N–H and O–H groups in total. The monoisotopic (exact) mass is 306 g/mol. The van der Waals surface area contributed by atoms with Gasteiger partial charge in [0.2, 0.25) is 11.7 Å². The zero-order chi connectivity index (χ0) is 15.9. The Bertz CT molecular complexity index is 557. The van der Waals surface area contributed by atoms with Gasteiger partial charge < -0.3 is 14.7 Å². The second-order valence-electron chi connectivity index (χ2n) is 6.32. The van der Waals surface area contributed by atoms with E-state index in [1.165, 1.54) is 6.20 Å². The van der Waals surface area contributed by atoms with E-state index in [1.807, 2.05) is 4.90 Å². The van der Waals surface area contributed by atoms with Crippen LogP contribution in [0.4, 0.5) is 0 Å². The Morgan fingerprint density at radius 2 is 2.18 bits per heavy atom. The molecule has 2 unspecified atom stereocenters. The van der Waals surface area contributed by atoms with Crippen LogP contribution in [0.3, 0.4) is 0 Å². The molecule has 2 fully saturated rings. The molecular formula is C15H22N4O3. The maximum atomic E-state index is 12.4. The number of aromatic nitrogens is 1. The van der Waals surface area contributed by atoms with Crippen molar-refractivity contribution in [3.8, 4) is 0 Å². The second-order valence-corrected chi connectivity index (χ2v) is 6.32. The average molecular weight is 306 g/mol. The van der Waals surface area contributed by atoms with Gasteiger partial charge in [0.15, 0.2) is 0 Å². The molecule has 1 aromatic rings. The molecule has 2 saturated heterocycles. The SMILES string of the molecule is CNC(=O)[C@H]1CC2CN(C(=O)c3ccno3)CC2N1C(C)C. The van der Waals surface area contributed by atoms with Crippen molar-refractivity contribution in [1.82, 2.24) is 20.3 Å². The number of likely N-dealkylation sites (N-methyl/N-ethyl adjacent to an activating group) is 1. The van der Waals surface area contributed by atoms with Crippen LogP contribution in [0.2, 0.25) is 0 Å². The van der Waals surface area contributed by atoms with Crippen LogP contribution >= 0.6 is 0 Å². The molecular weight excluding hydrogens is 284 g/mol. The van der Waals surface area contributed by atoms with Crippen LogP contribution in [0.5, 0.6) is 0 Å². The third-order valence-electron chi connectivity index (χ3n) is 4.76. The number of carbonyl (C=O) groups is 2. The highest BCUT2D eigenvalue weighted by Gasteiger charge is 2.50. The lowest BCUT2D eigenvalue weighted by atomic mass is 10.0. The maximum absolute atomic E-state index is 12.4. The van der Waals surface area contributed by atoms with E-state index in [-0.39, 0.29) is 35.7 Å². The number of likely N-dealkylation sites (tertiary alicyclic amines) is 2. The fraction of sp³-hybridized carbons (Fsp3) is 0.667. The van der Waals surface area contributed by atoms with Crippen LogP contribution < -0.4 is 5.32 Å². The number of hydrogen-bond acceptors (Lipinski definition) is 5. The highest BCUT2D eigenvalue weighted by atomic mass is 16.5. The fourth-order valence-electron chi connectivity index (χ4n) is 3.86. The first-order valence-corrected chi connectivity index (χ1v) is 7.72. The molecule has 0 aromatic carbocycles. The van der Waals surface area contributed by atoms with Gasteiger partial charge >= 0.3 is 0 Å². The first-order chi connectivity index (χ1) is 10.5. The molecule has 120 valence electrons. The van der Waals surface area contributed by atoms with Gasteiger partial charge in [-0.15, -0.1) is 0 Å². The van der Waals surface area contributed by atoms with Crippen LogP contribution in [0.15, 0.2) is 16.8 Å². The van der Waals surface area contributed by atoms with Crippen LogP contribution in [0, 0.1) is 5.92 Å². The Balaban J connectivity index is 1.75. The van der Waals surface area contributed by atoms with Gasteiger partial charge in [0.1, 0.15) is 0 Å².